The van der Waals surface area contributed by atoms with Gasteiger partial charge in [-0.1, -0.05) is 32.8 Å². The Morgan fingerprint density at radius 2 is 1.92 bits per heavy atom. The van der Waals surface area contributed by atoms with Crippen molar-refractivity contribution in [1.29, 1.82) is 0 Å². The quantitative estimate of drug-likeness (QED) is 0.324. The number of hydrogen-bond acceptors (Lipinski definition) is 2. The molecule has 0 atom stereocenters. The van der Waals surface area contributed by atoms with Crippen molar-refractivity contribution in [3.63, 3.8) is 0 Å². The molecule has 0 aliphatic carbocycles. The van der Waals surface area contributed by atoms with Crippen molar-refractivity contribution < 1.29 is 9.53 Å². The van der Waals surface area contributed by atoms with E-state index < -0.39 is 0 Å². The molecule has 0 aromatic heterocycles. The molecule has 0 saturated heterocycles. The molecule has 0 fully saturated rings. The summed E-state index contributed by atoms with van der Waals surface area (Å²) < 4.78 is 4.91. The first-order valence-electron chi connectivity index (χ1n) is 4.51. The topological polar surface area (TPSA) is 26.3 Å². The Morgan fingerprint density at radius 3 is 2.38 bits per heavy atom. The molecule has 0 unspecified atom stereocenters. The smallest absolute Gasteiger partial charge is 0.333 e. The zero-order valence-corrected chi connectivity index (χ0v) is 11.4. The van der Waals surface area contributed by atoms with Crippen LogP contribution in [-0.4, -0.2) is 36.5 Å². The summed E-state index contributed by atoms with van der Waals surface area (Å²) in [6.07, 6.45) is 4.52. The van der Waals surface area contributed by atoms with Crippen LogP contribution in [0.15, 0.2) is 12.2 Å². The molecule has 0 heterocycles. The molecule has 0 amide bonds. The molecule has 4 radical (unpaired) electrons. The number of carbonyl (C=O) groups excluding carboxylic acids is 1. The maximum Gasteiger partial charge on any atom is 0.333 e. The van der Waals surface area contributed by atoms with Gasteiger partial charge in [0.15, 0.2) is 0 Å². The molecular weight excluding hydrogens is 271 g/mol. The van der Waals surface area contributed by atoms with E-state index in [1.165, 1.54) is 12.8 Å². The molecule has 0 aromatic rings. The summed E-state index contributed by atoms with van der Waals surface area (Å²) in [5.41, 5.74) is 0.477. The fourth-order valence-corrected chi connectivity index (χ4v) is 0.817. The fourth-order valence-electron chi connectivity index (χ4n) is 0.817. The summed E-state index contributed by atoms with van der Waals surface area (Å²) in [6, 6.07) is 0. The van der Waals surface area contributed by atoms with Gasteiger partial charge in [-0.05, 0) is 13.3 Å². The van der Waals surface area contributed by atoms with Crippen molar-refractivity contribution in [3.8, 4) is 0 Å². The van der Waals surface area contributed by atoms with E-state index >= 15 is 0 Å². The standard InChI is InChI=1S/C10H18O2.Sn/c1-4-5-6-7-8-12-10(11)9(2)3;/h2,4-8H2,1,3H3;. The van der Waals surface area contributed by atoms with Crippen LogP contribution in [-0.2, 0) is 9.53 Å². The molecule has 0 aliphatic rings. The molecule has 0 aliphatic heterocycles. The molecule has 0 saturated carbocycles. The van der Waals surface area contributed by atoms with Crippen LogP contribution in [0.4, 0.5) is 0 Å². The maximum absolute atomic E-state index is 10.9. The number of esters is 1. The second kappa shape index (κ2) is 10.1. The second-order valence-electron chi connectivity index (χ2n) is 2.98. The monoisotopic (exact) mass is 290 g/mol. The van der Waals surface area contributed by atoms with Crippen molar-refractivity contribution >= 4 is 29.9 Å². The van der Waals surface area contributed by atoms with Crippen LogP contribution in [0.2, 0.25) is 0 Å². The van der Waals surface area contributed by atoms with Crippen molar-refractivity contribution in [2.45, 2.75) is 39.5 Å². The van der Waals surface area contributed by atoms with E-state index in [1.54, 1.807) is 6.92 Å². The summed E-state index contributed by atoms with van der Waals surface area (Å²) in [5, 5.41) is 0. The van der Waals surface area contributed by atoms with Gasteiger partial charge in [-0.2, -0.15) is 0 Å². The first-order valence-corrected chi connectivity index (χ1v) is 4.51. The molecule has 13 heavy (non-hydrogen) atoms. The fraction of sp³-hybridized carbons (Fsp3) is 0.700. The van der Waals surface area contributed by atoms with E-state index in [1.807, 2.05) is 0 Å². The first-order chi connectivity index (χ1) is 5.68. The molecule has 0 rings (SSSR count). The summed E-state index contributed by atoms with van der Waals surface area (Å²) in [5.74, 6) is -0.272. The predicted octanol–water partition coefficient (Wildman–Crippen LogP) is 2.31. The van der Waals surface area contributed by atoms with E-state index in [0.29, 0.717) is 12.2 Å². The van der Waals surface area contributed by atoms with Gasteiger partial charge in [0.05, 0.1) is 6.61 Å². The van der Waals surface area contributed by atoms with Crippen LogP contribution in [0.5, 0.6) is 0 Å². The van der Waals surface area contributed by atoms with Crippen LogP contribution in [0.25, 0.3) is 0 Å². The van der Waals surface area contributed by atoms with E-state index in [2.05, 4.69) is 13.5 Å². The van der Waals surface area contributed by atoms with Crippen LogP contribution >= 0.6 is 0 Å². The third kappa shape index (κ3) is 9.93. The van der Waals surface area contributed by atoms with Gasteiger partial charge >= 0.3 is 5.97 Å². The minimum absolute atomic E-state index is 0. The van der Waals surface area contributed by atoms with Crippen LogP contribution in [0.3, 0.4) is 0 Å². The van der Waals surface area contributed by atoms with Gasteiger partial charge < -0.3 is 4.74 Å². The Labute approximate surface area is 97.7 Å². The Balaban J connectivity index is 0. The van der Waals surface area contributed by atoms with Gasteiger partial charge in [-0.3, -0.25) is 0 Å². The van der Waals surface area contributed by atoms with Crippen molar-refractivity contribution in [2.24, 2.45) is 0 Å². The minimum Gasteiger partial charge on any atom is -0.462 e. The van der Waals surface area contributed by atoms with Crippen molar-refractivity contribution in [3.05, 3.63) is 12.2 Å². The third-order valence-electron chi connectivity index (χ3n) is 1.58. The number of hydrogen-bond donors (Lipinski definition) is 0. The normalized spacial score (nSPS) is 8.77. The second-order valence-corrected chi connectivity index (χ2v) is 2.98. The molecule has 3 heteroatoms. The van der Waals surface area contributed by atoms with Gasteiger partial charge in [0.2, 0.25) is 0 Å². The minimum atomic E-state index is -0.272. The van der Waals surface area contributed by atoms with E-state index in [0.717, 1.165) is 12.8 Å². The summed E-state index contributed by atoms with van der Waals surface area (Å²) >= 11 is 0. The maximum atomic E-state index is 10.9. The van der Waals surface area contributed by atoms with Gasteiger partial charge in [0.25, 0.3) is 0 Å². The first kappa shape index (κ1) is 15.5. The molecule has 74 valence electrons. The van der Waals surface area contributed by atoms with Crippen LogP contribution in [0, 0.1) is 0 Å². The Bertz CT molecular complexity index is 155. The van der Waals surface area contributed by atoms with Gasteiger partial charge in [0, 0.05) is 29.5 Å². The summed E-state index contributed by atoms with van der Waals surface area (Å²) in [4.78, 5) is 10.9. The predicted molar refractivity (Wildman–Crippen MR) is 55.7 cm³/mol. The van der Waals surface area contributed by atoms with Crippen molar-refractivity contribution in [2.75, 3.05) is 6.61 Å². The van der Waals surface area contributed by atoms with E-state index in [-0.39, 0.29) is 29.9 Å². The van der Waals surface area contributed by atoms with Gasteiger partial charge in [-0.15, -0.1) is 0 Å². The number of ether oxygens (including phenoxy) is 1. The average molecular weight is 289 g/mol. The molecule has 0 spiro atoms. The average Bonchev–Trinajstić information content (AvgIpc) is 2.03. The Kier molecular flexibility index (Phi) is 12.0. The Morgan fingerprint density at radius 1 is 1.31 bits per heavy atom. The van der Waals surface area contributed by atoms with Gasteiger partial charge in [0.1, 0.15) is 0 Å². The number of carbonyl (C=O) groups is 1. The van der Waals surface area contributed by atoms with Crippen molar-refractivity contribution in [1.82, 2.24) is 0 Å². The molecule has 0 N–H and O–H groups in total. The Hall–Kier alpha value is 0.00870. The number of unbranched alkanes of at least 4 members (excludes halogenated alkanes) is 3. The molecule has 2 nitrogen and oxygen atoms in total. The van der Waals surface area contributed by atoms with Gasteiger partial charge in [-0.25, -0.2) is 4.79 Å². The van der Waals surface area contributed by atoms with Crippen LogP contribution < -0.4 is 0 Å². The molecule has 0 bridgehead atoms. The zero-order valence-electron chi connectivity index (χ0n) is 8.56. The third-order valence-corrected chi connectivity index (χ3v) is 1.58. The number of rotatable bonds is 6. The van der Waals surface area contributed by atoms with E-state index in [9.17, 15) is 4.79 Å². The molecular formula is C10H18O2Sn. The largest absolute Gasteiger partial charge is 0.462 e. The molecule has 0 aromatic carbocycles. The van der Waals surface area contributed by atoms with Crippen LogP contribution in [0.1, 0.15) is 39.5 Å². The summed E-state index contributed by atoms with van der Waals surface area (Å²) in [7, 11) is 0. The van der Waals surface area contributed by atoms with E-state index in [4.69, 9.17) is 4.74 Å². The zero-order chi connectivity index (χ0) is 9.40. The summed E-state index contributed by atoms with van der Waals surface area (Å²) in [6.45, 7) is 7.84. The SMILES string of the molecule is C=C(C)C(=O)OCCCCCC.[Sn].